The maximum absolute atomic E-state index is 6.28. The number of rotatable bonds is 6. The van der Waals surface area contributed by atoms with Crippen LogP contribution in [0.2, 0.25) is 0 Å². The van der Waals surface area contributed by atoms with Gasteiger partial charge in [0, 0.05) is 18.6 Å². The quantitative estimate of drug-likeness (QED) is 0.739. The van der Waals surface area contributed by atoms with Crippen molar-refractivity contribution in [1.29, 1.82) is 0 Å². The number of hydrogen-bond acceptors (Lipinski definition) is 2. The third-order valence-corrected chi connectivity index (χ3v) is 6.00. The van der Waals surface area contributed by atoms with Crippen LogP contribution in [0.3, 0.4) is 0 Å². The highest BCUT2D eigenvalue weighted by atomic mass is 15.2. The van der Waals surface area contributed by atoms with E-state index in [2.05, 4.69) is 18.7 Å². The predicted molar refractivity (Wildman–Crippen MR) is 87.9 cm³/mol. The highest BCUT2D eigenvalue weighted by Gasteiger charge is 2.40. The monoisotopic (exact) mass is 280 g/mol. The molecule has 118 valence electrons. The third kappa shape index (κ3) is 3.76. The normalized spacial score (nSPS) is 36.1. The molecule has 1 aliphatic heterocycles. The molecule has 1 saturated carbocycles. The van der Waals surface area contributed by atoms with E-state index in [1.165, 1.54) is 77.3 Å². The number of hydrogen-bond donors (Lipinski definition) is 1. The summed E-state index contributed by atoms with van der Waals surface area (Å²) in [6, 6.07) is 0. The zero-order valence-corrected chi connectivity index (χ0v) is 13.9. The second kappa shape index (κ2) is 7.79. The molecule has 2 N–H and O–H groups in total. The summed E-state index contributed by atoms with van der Waals surface area (Å²) in [5, 5.41) is 0. The second-order valence-corrected chi connectivity index (χ2v) is 7.40. The summed E-state index contributed by atoms with van der Waals surface area (Å²) in [5.74, 6) is 1.92. The van der Waals surface area contributed by atoms with Gasteiger partial charge in [-0.15, -0.1) is 0 Å². The average molecular weight is 280 g/mol. The Morgan fingerprint density at radius 1 is 1.00 bits per heavy atom. The maximum Gasteiger partial charge on any atom is 0.0331 e. The minimum atomic E-state index is 0.352. The second-order valence-electron chi connectivity index (χ2n) is 7.40. The van der Waals surface area contributed by atoms with Crippen LogP contribution in [0.5, 0.6) is 0 Å². The van der Waals surface area contributed by atoms with Crippen molar-refractivity contribution in [2.75, 3.05) is 19.6 Å². The van der Waals surface area contributed by atoms with Crippen molar-refractivity contribution in [3.63, 3.8) is 0 Å². The fourth-order valence-corrected chi connectivity index (χ4v) is 4.72. The van der Waals surface area contributed by atoms with E-state index in [4.69, 9.17) is 5.73 Å². The van der Waals surface area contributed by atoms with Gasteiger partial charge in [0.25, 0.3) is 0 Å². The van der Waals surface area contributed by atoms with Gasteiger partial charge in [0.05, 0.1) is 0 Å². The maximum atomic E-state index is 6.28. The minimum absolute atomic E-state index is 0.352. The molecule has 2 heteroatoms. The third-order valence-electron chi connectivity index (χ3n) is 6.00. The summed E-state index contributed by atoms with van der Waals surface area (Å²) in [6.07, 6.45) is 13.9. The van der Waals surface area contributed by atoms with Crippen LogP contribution in [-0.4, -0.2) is 30.1 Å². The largest absolute Gasteiger partial charge is 0.329 e. The van der Waals surface area contributed by atoms with Crippen LogP contribution in [0.25, 0.3) is 0 Å². The van der Waals surface area contributed by atoms with Gasteiger partial charge in [0.15, 0.2) is 0 Å². The van der Waals surface area contributed by atoms with Gasteiger partial charge in [-0.25, -0.2) is 0 Å². The molecular formula is C18H36N2. The molecule has 1 heterocycles. The molecule has 0 amide bonds. The first-order valence-electron chi connectivity index (χ1n) is 9.19. The molecule has 0 bridgehead atoms. The lowest BCUT2D eigenvalue weighted by Crippen LogP contribution is -2.52. The van der Waals surface area contributed by atoms with Crippen molar-refractivity contribution in [2.24, 2.45) is 17.6 Å². The van der Waals surface area contributed by atoms with Gasteiger partial charge in [0.1, 0.15) is 0 Å². The molecule has 0 spiro atoms. The number of likely N-dealkylation sites (tertiary alicyclic amines) is 1. The first kappa shape index (κ1) is 16.3. The first-order chi connectivity index (χ1) is 9.74. The molecule has 2 nitrogen and oxygen atoms in total. The van der Waals surface area contributed by atoms with E-state index in [-0.39, 0.29) is 0 Å². The number of nitrogens with zero attached hydrogens (tertiary/aromatic N) is 1. The SMILES string of the molecule is CCCC1CCCC(CN)(N2CCC(CCC)C2)CC1. The molecular weight excluding hydrogens is 244 g/mol. The van der Waals surface area contributed by atoms with Gasteiger partial charge in [-0.05, 0) is 50.5 Å². The smallest absolute Gasteiger partial charge is 0.0331 e. The molecule has 3 atom stereocenters. The van der Waals surface area contributed by atoms with Crippen LogP contribution in [0.15, 0.2) is 0 Å². The Balaban J connectivity index is 1.95. The molecule has 1 aliphatic carbocycles. The van der Waals surface area contributed by atoms with E-state index in [9.17, 15) is 0 Å². The summed E-state index contributed by atoms with van der Waals surface area (Å²) in [4.78, 5) is 2.79. The summed E-state index contributed by atoms with van der Waals surface area (Å²) >= 11 is 0. The van der Waals surface area contributed by atoms with Crippen molar-refractivity contribution in [3.8, 4) is 0 Å². The van der Waals surface area contributed by atoms with Gasteiger partial charge in [0.2, 0.25) is 0 Å². The molecule has 0 aromatic heterocycles. The lowest BCUT2D eigenvalue weighted by atomic mass is 9.87. The van der Waals surface area contributed by atoms with Gasteiger partial charge in [-0.2, -0.15) is 0 Å². The van der Waals surface area contributed by atoms with Crippen LogP contribution in [0.1, 0.15) is 78.1 Å². The Morgan fingerprint density at radius 2 is 1.75 bits per heavy atom. The Hall–Kier alpha value is -0.0800. The van der Waals surface area contributed by atoms with Crippen LogP contribution in [-0.2, 0) is 0 Å². The van der Waals surface area contributed by atoms with Gasteiger partial charge in [-0.1, -0.05) is 46.0 Å². The fraction of sp³-hybridized carbons (Fsp3) is 1.00. The first-order valence-corrected chi connectivity index (χ1v) is 9.19. The van der Waals surface area contributed by atoms with Gasteiger partial charge < -0.3 is 5.73 Å². The van der Waals surface area contributed by atoms with Crippen LogP contribution >= 0.6 is 0 Å². The molecule has 2 fully saturated rings. The molecule has 2 aliphatic rings. The molecule has 20 heavy (non-hydrogen) atoms. The molecule has 0 aromatic carbocycles. The lowest BCUT2D eigenvalue weighted by molar-refractivity contribution is 0.0989. The van der Waals surface area contributed by atoms with Crippen molar-refractivity contribution < 1.29 is 0 Å². The Labute approximate surface area is 126 Å². The van der Waals surface area contributed by atoms with E-state index in [0.29, 0.717) is 5.54 Å². The summed E-state index contributed by atoms with van der Waals surface area (Å²) in [5.41, 5.74) is 6.64. The molecule has 2 rings (SSSR count). The van der Waals surface area contributed by atoms with Crippen molar-refractivity contribution >= 4 is 0 Å². The summed E-state index contributed by atoms with van der Waals surface area (Å²) in [7, 11) is 0. The van der Waals surface area contributed by atoms with Crippen molar-refractivity contribution in [1.82, 2.24) is 4.90 Å². The fourth-order valence-electron chi connectivity index (χ4n) is 4.72. The van der Waals surface area contributed by atoms with Gasteiger partial charge >= 0.3 is 0 Å². The van der Waals surface area contributed by atoms with Crippen LogP contribution < -0.4 is 5.73 Å². The highest BCUT2D eigenvalue weighted by Crippen LogP contribution is 2.39. The molecule has 1 saturated heterocycles. The number of nitrogens with two attached hydrogens (primary N) is 1. The summed E-state index contributed by atoms with van der Waals surface area (Å²) < 4.78 is 0. The minimum Gasteiger partial charge on any atom is -0.329 e. The van der Waals surface area contributed by atoms with Crippen molar-refractivity contribution in [2.45, 2.75) is 83.6 Å². The lowest BCUT2D eigenvalue weighted by Gasteiger charge is -2.41. The van der Waals surface area contributed by atoms with E-state index in [1.807, 2.05) is 0 Å². The van der Waals surface area contributed by atoms with E-state index < -0.39 is 0 Å². The zero-order chi connectivity index (χ0) is 14.4. The highest BCUT2D eigenvalue weighted by molar-refractivity contribution is 4.97. The van der Waals surface area contributed by atoms with Crippen LogP contribution in [0, 0.1) is 11.8 Å². The molecule has 3 unspecified atom stereocenters. The molecule has 0 aromatic rings. The van der Waals surface area contributed by atoms with Crippen molar-refractivity contribution in [3.05, 3.63) is 0 Å². The predicted octanol–water partition coefficient (Wildman–Crippen LogP) is 4.19. The average Bonchev–Trinajstić information content (AvgIpc) is 2.82. The standard InChI is InChI=1S/C18H36N2/c1-3-6-16-8-5-11-18(15-19,12-9-16)20-13-10-17(14-20)7-4-2/h16-17H,3-15,19H2,1-2H3. The topological polar surface area (TPSA) is 29.3 Å². The van der Waals surface area contributed by atoms with E-state index in [0.717, 1.165) is 18.4 Å². The van der Waals surface area contributed by atoms with E-state index in [1.54, 1.807) is 0 Å². The Bertz CT molecular complexity index is 279. The Kier molecular flexibility index (Phi) is 6.35. The Morgan fingerprint density at radius 3 is 2.45 bits per heavy atom. The zero-order valence-electron chi connectivity index (χ0n) is 13.9. The van der Waals surface area contributed by atoms with E-state index >= 15 is 0 Å². The molecule has 0 radical (unpaired) electrons. The summed E-state index contributed by atoms with van der Waals surface area (Å²) in [6.45, 7) is 8.16. The van der Waals surface area contributed by atoms with Gasteiger partial charge in [-0.3, -0.25) is 4.90 Å². The van der Waals surface area contributed by atoms with Crippen LogP contribution in [0.4, 0.5) is 0 Å².